The van der Waals surface area contributed by atoms with Crippen molar-refractivity contribution in [1.82, 2.24) is 4.90 Å². The summed E-state index contributed by atoms with van der Waals surface area (Å²) >= 11 is 5.46. The van der Waals surface area contributed by atoms with E-state index in [0.717, 1.165) is 17.0 Å². The lowest BCUT2D eigenvalue weighted by atomic mass is 10.2. The van der Waals surface area contributed by atoms with E-state index in [9.17, 15) is 22.8 Å². The SMILES string of the molecule is CCN(CCO)C(=O)C(=O)Nc1ccc(Cl)c(C(F)(F)F)c1. The summed E-state index contributed by atoms with van der Waals surface area (Å²) in [7, 11) is 0. The van der Waals surface area contributed by atoms with Crippen molar-refractivity contribution < 1.29 is 27.9 Å². The van der Waals surface area contributed by atoms with Gasteiger partial charge in [-0.05, 0) is 25.1 Å². The summed E-state index contributed by atoms with van der Waals surface area (Å²) in [5.41, 5.74) is -1.31. The summed E-state index contributed by atoms with van der Waals surface area (Å²) in [5, 5.41) is 10.4. The van der Waals surface area contributed by atoms with Crippen molar-refractivity contribution in [3.63, 3.8) is 0 Å². The smallest absolute Gasteiger partial charge is 0.395 e. The first-order valence-electron chi connectivity index (χ1n) is 6.28. The molecule has 0 bridgehead atoms. The number of hydrogen-bond donors (Lipinski definition) is 2. The number of aliphatic hydroxyl groups excluding tert-OH is 1. The number of carbonyl (C=O) groups excluding carboxylic acids is 2. The van der Waals surface area contributed by atoms with E-state index in [-0.39, 0.29) is 25.4 Å². The zero-order valence-corrected chi connectivity index (χ0v) is 12.3. The van der Waals surface area contributed by atoms with Crippen LogP contribution in [0.25, 0.3) is 0 Å². The highest BCUT2D eigenvalue weighted by Gasteiger charge is 2.33. The van der Waals surface area contributed by atoms with Crippen LogP contribution in [0.5, 0.6) is 0 Å². The molecule has 9 heteroatoms. The van der Waals surface area contributed by atoms with Gasteiger partial charge in [0.15, 0.2) is 0 Å². The fourth-order valence-electron chi connectivity index (χ4n) is 1.67. The molecule has 0 aromatic heterocycles. The van der Waals surface area contributed by atoms with Gasteiger partial charge in [-0.2, -0.15) is 13.2 Å². The number of hydrogen-bond acceptors (Lipinski definition) is 3. The lowest BCUT2D eigenvalue weighted by Crippen LogP contribution is -2.41. The third-order valence-corrected chi connectivity index (χ3v) is 3.09. The lowest BCUT2D eigenvalue weighted by molar-refractivity contribution is -0.143. The second-order valence-electron chi connectivity index (χ2n) is 4.25. The number of nitrogens with one attached hydrogen (secondary N) is 1. The Hall–Kier alpha value is -1.80. The van der Waals surface area contributed by atoms with Crippen molar-refractivity contribution in [3.05, 3.63) is 28.8 Å². The van der Waals surface area contributed by atoms with Gasteiger partial charge in [0.2, 0.25) is 0 Å². The number of carbonyl (C=O) groups is 2. The van der Waals surface area contributed by atoms with Gasteiger partial charge in [0.1, 0.15) is 0 Å². The van der Waals surface area contributed by atoms with Gasteiger partial charge < -0.3 is 15.3 Å². The van der Waals surface area contributed by atoms with Crippen LogP contribution in [0.15, 0.2) is 18.2 Å². The Balaban J connectivity index is 2.91. The summed E-state index contributed by atoms with van der Waals surface area (Å²) in [5.74, 6) is -2.04. The van der Waals surface area contributed by atoms with Crippen LogP contribution >= 0.6 is 11.6 Å². The van der Waals surface area contributed by atoms with E-state index in [4.69, 9.17) is 16.7 Å². The summed E-state index contributed by atoms with van der Waals surface area (Å²) in [6.07, 6.45) is -4.67. The minimum atomic E-state index is -4.67. The molecule has 2 amide bonds. The van der Waals surface area contributed by atoms with E-state index in [2.05, 4.69) is 5.32 Å². The third kappa shape index (κ3) is 4.60. The van der Waals surface area contributed by atoms with Gasteiger partial charge in [0, 0.05) is 18.8 Å². The number of likely N-dealkylation sites (N-methyl/N-ethyl adjacent to an activating group) is 1. The second kappa shape index (κ2) is 7.46. The highest BCUT2D eigenvalue weighted by atomic mass is 35.5. The zero-order valence-electron chi connectivity index (χ0n) is 11.6. The maximum absolute atomic E-state index is 12.7. The first-order valence-corrected chi connectivity index (χ1v) is 6.66. The molecule has 22 heavy (non-hydrogen) atoms. The lowest BCUT2D eigenvalue weighted by Gasteiger charge is -2.19. The molecule has 0 atom stereocenters. The standard InChI is InChI=1S/C13H14ClF3N2O3/c1-2-19(5-6-20)12(22)11(21)18-8-3-4-10(14)9(7-8)13(15,16)17/h3-4,7,20H,2,5-6H2,1H3,(H,18,21). The first-order chi connectivity index (χ1) is 10.2. The van der Waals surface area contributed by atoms with E-state index in [1.54, 1.807) is 6.92 Å². The number of nitrogens with zero attached hydrogens (tertiary/aromatic N) is 1. The molecular formula is C13H14ClF3N2O3. The van der Waals surface area contributed by atoms with Crippen LogP contribution in [0.3, 0.4) is 0 Å². The fourth-order valence-corrected chi connectivity index (χ4v) is 1.90. The molecule has 0 radical (unpaired) electrons. The Morgan fingerprint density at radius 1 is 1.36 bits per heavy atom. The Morgan fingerprint density at radius 3 is 2.50 bits per heavy atom. The van der Waals surface area contributed by atoms with Gasteiger partial charge in [0.05, 0.1) is 17.2 Å². The van der Waals surface area contributed by atoms with Gasteiger partial charge in [-0.15, -0.1) is 0 Å². The maximum atomic E-state index is 12.7. The van der Waals surface area contributed by atoms with E-state index in [0.29, 0.717) is 6.07 Å². The molecule has 0 aliphatic heterocycles. The van der Waals surface area contributed by atoms with Crippen LogP contribution in [-0.4, -0.2) is 41.5 Å². The van der Waals surface area contributed by atoms with Gasteiger partial charge in [-0.25, -0.2) is 0 Å². The number of benzene rings is 1. The molecule has 0 heterocycles. The Bertz CT molecular complexity index is 564. The number of rotatable bonds is 4. The molecule has 5 nitrogen and oxygen atoms in total. The van der Waals surface area contributed by atoms with E-state index in [1.807, 2.05) is 0 Å². The monoisotopic (exact) mass is 338 g/mol. The predicted molar refractivity (Wildman–Crippen MR) is 74.4 cm³/mol. The topological polar surface area (TPSA) is 69.6 Å². The molecular weight excluding hydrogens is 325 g/mol. The van der Waals surface area contributed by atoms with Crippen molar-refractivity contribution >= 4 is 29.1 Å². The minimum Gasteiger partial charge on any atom is -0.395 e. The van der Waals surface area contributed by atoms with Crippen LogP contribution < -0.4 is 5.32 Å². The highest BCUT2D eigenvalue weighted by molar-refractivity contribution is 6.39. The predicted octanol–water partition coefficient (Wildman–Crippen LogP) is 2.14. The largest absolute Gasteiger partial charge is 0.417 e. The first kappa shape index (κ1) is 18.2. The van der Waals surface area contributed by atoms with Crippen molar-refractivity contribution in [3.8, 4) is 0 Å². The molecule has 0 saturated heterocycles. The summed E-state index contributed by atoms with van der Waals surface area (Å²) in [6, 6.07) is 2.79. The molecule has 1 aromatic carbocycles. The van der Waals surface area contributed by atoms with E-state index in [1.165, 1.54) is 0 Å². The zero-order chi connectivity index (χ0) is 16.9. The Kier molecular flexibility index (Phi) is 6.19. The summed E-state index contributed by atoms with van der Waals surface area (Å²) in [4.78, 5) is 24.6. The quantitative estimate of drug-likeness (QED) is 0.826. The molecule has 0 saturated carbocycles. The van der Waals surface area contributed by atoms with Gasteiger partial charge in [-0.1, -0.05) is 11.6 Å². The molecule has 0 unspecified atom stereocenters. The average molecular weight is 339 g/mol. The van der Waals surface area contributed by atoms with Crippen LogP contribution in [0.1, 0.15) is 12.5 Å². The molecule has 0 aliphatic carbocycles. The molecule has 1 rings (SSSR count). The molecule has 0 spiro atoms. The number of amides is 2. The number of aliphatic hydroxyl groups is 1. The molecule has 0 fully saturated rings. The summed E-state index contributed by atoms with van der Waals surface area (Å²) in [6.45, 7) is 1.41. The minimum absolute atomic E-state index is 0.0445. The van der Waals surface area contributed by atoms with Crippen LogP contribution in [-0.2, 0) is 15.8 Å². The normalized spacial score (nSPS) is 11.2. The molecule has 1 aromatic rings. The Labute approximate surface area is 129 Å². The van der Waals surface area contributed by atoms with Crippen LogP contribution in [0.2, 0.25) is 5.02 Å². The van der Waals surface area contributed by atoms with Crippen molar-refractivity contribution in [2.75, 3.05) is 25.0 Å². The average Bonchev–Trinajstić information content (AvgIpc) is 2.44. The van der Waals surface area contributed by atoms with Crippen molar-refractivity contribution in [2.24, 2.45) is 0 Å². The van der Waals surface area contributed by atoms with E-state index < -0.39 is 28.6 Å². The van der Waals surface area contributed by atoms with Gasteiger partial charge in [-0.3, -0.25) is 9.59 Å². The van der Waals surface area contributed by atoms with Crippen LogP contribution in [0, 0.1) is 0 Å². The van der Waals surface area contributed by atoms with Crippen LogP contribution in [0.4, 0.5) is 18.9 Å². The molecule has 2 N–H and O–H groups in total. The number of alkyl halides is 3. The van der Waals surface area contributed by atoms with Crippen molar-refractivity contribution in [2.45, 2.75) is 13.1 Å². The third-order valence-electron chi connectivity index (χ3n) is 2.76. The highest BCUT2D eigenvalue weighted by Crippen LogP contribution is 2.36. The second-order valence-corrected chi connectivity index (χ2v) is 4.66. The maximum Gasteiger partial charge on any atom is 0.417 e. The summed E-state index contributed by atoms with van der Waals surface area (Å²) < 4.78 is 38.1. The van der Waals surface area contributed by atoms with Gasteiger partial charge in [0.25, 0.3) is 0 Å². The fraction of sp³-hybridized carbons (Fsp3) is 0.385. The number of anilines is 1. The number of halogens is 4. The van der Waals surface area contributed by atoms with Crippen molar-refractivity contribution in [1.29, 1.82) is 0 Å². The van der Waals surface area contributed by atoms with E-state index >= 15 is 0 Å². The Morgan fingerprint density at radius 2 is 2.00 bits per heavy atom. The van der Waals surface area contributed by atoms with Gasteiger partial charge >= 0.3 is 18.0 Å². The molecule has 0 aliphatic rings. The molecule has 122 valence electrons.